The molecular weight excluding hydrogens is 398 g/mol. The first-order chi connectivity index (χ1) is 15.0. The van der Waals surface area contributed by atoms with Crippen molar-refractivity contribution in [3.63, 3.8) is 0 Å². The van der Waals surface area contributed by atoms with E-state index in [0.717, 1.165) is 5.69 Å². The van der Waals surface area contributed by atoms with Crippen LogP contribution in [0.4, 0.5) is 0 Å². The van der Waals surface area contributed by atoms with Gasteiger partial charge in [0.05, 0.1) is 36.2 Å². The van der Waals surface area contributed by atoms with Gasteiger partial charge in [0.1, 0.15) is 5.56 Å². The highest BCUT2D eigenvalue weighted by Gasteiger charge is 2.34. The molecule has 0 unspecified atom stereocenters. The third kappa shape index (κ3) is 3.68. The maximum absolute atomic E-state index is 12.5. The van der Waals surface area contributed by atoms with E-state index in [1.807, 2.05) is 30.3 Å². The Labute approximate surface area is 179 Å². The Morgan fingerprint density at radius 1 is 0.968 bits per heavy atom. The second kappa shape index (κ2) is 8.43. The smallest absolute Gasteiger partial charge is 0.345 e. The molecule has 158 valence electrons. The molecule has 8 nitrogen and oxygen atoms in total. The topological polar surface area (TPSA) is 90.7 Å². The van der Waals surface area contributed by atoms with E-state index in [9.17, 15) is 14.4 Å². The number of hydrogen-bond acceptors (Lipinski definition) is 6. The Morgan fingerprint density at radius 3 is 2.19 bits per heavy atom. The first-order valence-corrected chi connectivity index (χ1v) is 9.84. The molecule has 2 amide bonds. The average molecular weight is 419 g/mol. The van der Waals surface area contributed by atoms with Gasteiger partial charge >= 0.3 is 5.97 Å². The number of benzene rings is 2. The van der Waals surface area contributed by atoms with Crippen LogP contribution in [-0.2, 0) is 4.74 Å². The van der Waals surface area contributed by atoms with E-state index in [4.69, 9.17) is 9.47 Å². The van der Waals surface area contributed by atoms with Crippen LogP contribution in [0.15, 0.2) is 54.6 Å². The van der Waals surface area contributed by atoms with Crippen LogP contribution in [0.25, 0.3) is 5.69 Å². The summed E-state index contributed by atoms with van der Waals surface area (Å²) in [6.07, 6.45) is 0.394. The predicted molar refractivity (Wildman–Crippen MR) is 112 cm³/mol. The van der Waals surface area contributed by atoms with Crippen LogP contribution in [-0.4, -0.2) is 52.7 Å². The SMILES string of the molecule is COC(=O)c1c(C)nn(-c2ccccc2)c1OCCCN1C(=O)c2ccccc2C1=O. The molecule has 0 radical (unpaired) electrons. The number of carbonyl (C=O) groups excluding carboxylic acids is 3. The minimum Gasteiger partial charge on any atom is -0.477 e. The van der Waals surface area contributed by atoms with Crippen LogP contribution in [0.2, 0.25) is 0 Å². The van der Waals surface area contributed by atoms with Crippen LogP contribution in [0.3, 0.4) is 0 Å². The zero-order valence-electron chi connectivity index (χ0n) is 17.2. The Kier molecular flexibility index (Phi) is 5.53. The zero-order valence-corrected chi connectivity index (χ0v) is 17.2. The summed E-state index contributed by atoms with van der Waals surface area (Å²) < 4.78 is 12.4. The Balaban J connectivity index is 1.49. The van der Waals surface area contributed by atoms with Gasteiger partial charge in [-0.25, -0.2) is 9.48 Å². The molecule has 0 aliphatic carbocycles. The molecule has 0 saturated heterocycles. The normalized spacial score (nSPS) is 12.8. The van der Waals surface area contributed by atoms with Crippen molar-refractivity contribution < 1.29 is 23.9 Å². The third-order valence-electron chi connectivity index (χ3n) is 5.05. The van der Waals surface area contributed by atoms with Crippen LogP contribution in [0.5, 0.6) is 5.88 Å². The van der Waals surface area contributed by atoms with Crippen LogP contribution in [0, 0.1) is 6.92 Å². The fraction of sp³-hybridized carbons (Fsp3) is 0.217. The summed E-state index contributed by atoms with van der Waals surface area (Å²) in [4.78, 5) is 38.5. The van der Waals surface area contributed by atoms with Crippen molar-refractivity contribution in [1.82, 2.24) is 14.7 Å². The van der Waals surface area contributed by atoms with E-state index in [1.165, 1.54) is 12.0 Å². The number of aryl methyl sites for hydroxylation is 1. The van der Waals surface area contributed by atoms with Gasteiger partial charge in [-0.15, -0.1) is 0 Å². The number of para-hydroxylation sites is 1. The van der Waals surface area contributed by atoms with Gasteiger partial charge in [-0.3, -0.25) is 14.5 Å². The molecule has 1 aliphatic rings. The lowest BCUT2D eigenvalue weighted by Gasteiger charge is -2.15. The number of amides is 2. The summed E-state index contributed by atoms with van der Waals surface area (Å²) in [5.74, 6) is -0.894. The van der Waals surface area contributed by atoms with E-state index >= 15 is 0 Å². The van der Waals surface area contributed by atoms with Gasteiger partial charge in [0.15, 0.2) is 0 Å². The summed E-state index contributed by atoms with van der Waals surface area (Å²) in [7, 11) is 1.30. The van der Waals surface area contributed by atoms with Gasteiger partial charge in [-0.2, -0.15) is 5.10 Å². The van der Waals surface area contributed by atoms with Crippen molar-refractivity contribution in [3.8, 4) is 11.6 Å². The molecule has 0 bridgehead atoms. The highest BCUT2D eigenvalue weighted by atomic mass is 16.5. The van der Waals surface area contributed by atoms with Crippen LogP contribution < -0.4 is 4.74 Å². The number of methoxy groups -OCH3 is 1. The molecule has 1 aliphatic heterocycles. The first-order valence-electron chi connectivity index (χ1n) is 9.84. The lowest BCUT2D eigenvalue weighted by molar-refractivity contribution is 0.0594. The highest BCUT2D eigenvalue weighted by Crippen LogP contribution is 2.27. The molecule has 4 rings (SSSR count). The molecule has 8 heteroatoms. The molecule has 0 fully saturated rings. The summed E-state index contributed by atoms with van der Waals surface area (Å²) in [6, 6.07) is 16.1. The second-order valence-electron chi connectivity index (χ2n) is 7.01. The van der Waals surface area contributed by atoms with Crippen molar-refractivity contribution in [2.45, 2.75) is 13.3 Å². The number of hydrogen-bond donors (Lipinski definition) is 0. The van der Waals surface area contributed by atoms with E-state index in [1.54, 1.807) is 35.9 Å². The Hall–Kier alpha value is -3.94. The van der Waals surface area contributed by atoms with Crippen molar-refractivity contribution in [1.29, 1.82) is 0 Å². The second-order valence-corrected chi connectivity index (χ2v) is 7.01. The maximum atomic E-state index is 12.5. The molecule has 1 aromatic heterocycles. The number of rotatable bonds is 7. The quantitative estimate of drug-likeness (QED) is 0.332. The number of esters is 1. The standard InChI is InChI=1S/C23H21N3O5/c1-15-19(23(29)30-2)22(26(24-15)16-9-4-3-5-10-16)31-14-8-13-25-20(27)17-11-6-7-12-18(17)21(25)28/h3-7,9-12H,8,13-14H2,1-2H3. The lowest BCUT2D eigenvalue weighted by atomic mass is 10.1. The molecular formula is C23H21N3O5. The summed E-state index contributed by atoms with van der Waals surface area (Å²) in [5, 5.41) is 4.43. The molecule has 2 aromatic carbocycles. The van der Waals surface area contributed by atoms with Crippen LogP contribution in [0.1, 0.15) is 43.2 Å². The monoisotopic (exact) mass is 419 g/mol. The zero-order chi connectivity index (χ0) is 22.0. The number of nitrogens with zero attached hydrogens (tertiary/aromatic N) is 3. The highest BCUT2D eigenvalue weighted by molar-refractivity contribution is 6.21. The minimum absolute atomic E-state index is 0.176. The minimum atomic E-state index is -0.546. The number of aromatic nitrogens is 2. The molecule has 3 aromatic rings. The number of ether oxygens (including phenoxy) is 2. The molecule has 0 N–H and O–H groups in total. The summed E-state index contributed by atoms with van der Waals surface area (Å²) in [5.41, 5.74) is 2.28. The van der Waals surface area contributed by atoms with Crippen LogP contribution >= 0.6 is 0 Å². The van der Waals surface area contributed by atoms with Crippen molar-refractivity contribution in [3.05, 3.63) is 77.0 Å². The number of fused-ring (bicyclic) bond motifs is 1. The number of imide groups is 1. The van der Waals surface area contributed by atoms with Crippen molar-refractivity contribution in [2.24, 2.45) is 0 Å². The van der Waals surface area contributed by atoms with Gasteiger partial charge in [0.25, 0.3) is 11.8 Å². The Morgan fingerprint density at radius 2 is 1.58 bits per heavy atom. The first kappa shape index (κ1) is 20.3. The molecule has 0 saturated carbocycles. The lowest BCUT2D eigenvalue weighted by Crippen LogP contribution is -2.31. The van der Waals surface area contributed by atoms with Gasteiger partial charge in [0.2, 0.25) is 5.88 Å². The van der Waals surface area contributed by atoms with Crippen molar-refractivity contribution in [2.75, 3.05) is 20.3 Å². The fourth-order valence-corrected chi connectivity index (χ4v) is 3.55. The summed E-state index contributed by atoms with van der Waals surface area (Å²) >= 11 is 0. The summed E-state index contributed by atoms with van der Waals surface area (Å²) in [6.45, 7) is 2.09. The van der Waals surface area contributed by atoms with Gasteiger partial charge < -0.3 is 9.47 Å². The molecule has 0 atom stereocenters. The van der Waals surface area contributed by atoms with E-state index in [-0.39, 0.29) is 36.4 Å². The Bertz CT molecular complexity index is 1120. The predicted octanol–water partition coefficient (Wildman–Crippen LogP) is 3.03. The number of carbonyl (C=O) groups is 3. The molecule has 31 heavy (non-hydrogen) atoms. The van der Waals surface area contributed by atoms with Gasteiger partial charge in [-0.05, 0) is 37.6 Å². The van der Waals surface area contributed by atoms with E-state index in [2.05, 4.69) is 5.10 Å². The average Bonchev–Trinajstić information content (AvgIpc) is 3.25. The third-order valence-corrected chi connectivity index (χ3v) is 5.05. The molecule has 0 spiro atoms. The largest absolute Gasteiger partial charge is 0.477 e. The van der Waals surface area contributed by atoms with E-state index in [0.29, 0.717) is 23.2 Å². The van der Waals surface area contributed by atoms with Gasteiger partial charge in [0, 0.05) is 6.54 Å². The molecule has 2 heterocycles. The fourth-order valence-electron chi connectivity index (χ4n) is 3.55. The van der Waals surface area contributed by atoms with Gasteiger partial charge in [-0.1, -0.05) is 30.3 Å². The van der Waals surface area contributed by atoms with E-state index < -0.39 is 5.97 Å². The maximum Gasteiger partial charge on any atom is 0.345 e. The van der Waals surface area contributed by atoms with Crippen molar-refractivity contribution >= 4 is 17.8 Å².